The Morgan fingerprint density at radius 3 is 2.71 bits per heavy atom. The van der Waals surface area contributed by atoms with Crippen LogP contribution in [0.15, 0.2) is 24.3 Å². The van der Waals surface area contributed by atoms with Crippen molar-refractivity contribution in [3.63, 3.8) is 0 Å². The molecule has 1 aromatic heterocycles. The summed E-state index contributed by atoms with van der Waals surface area (Å²) in [5.41, 5.74) is 3.57. The highest BCUT2D eigenvalue weighted by Crippen LogP contribution is 2.15. The number of rotatable bonds is 6. The molecular formula is C14H23N3. The Morgan fingerprint density at radius 1 is 1.47 bits per heavy atom. The van der Waals surface area contributed by atoms with Crippen LogP contribution in [0.5, 0.6) is 0 Å². The smallest absolute Gasteiger partial charge is 0.129 e. The molecule has 17 heavy (non-hydrogen) atoms. The zero-order valence-corrected chi connectivity index (χ0v) is 11.4. The quantitative estimate of drug-likeness (QED) is 0.765. The van der Waals surface area contributed by atoms with Crippen LogP contribution in [0.3, 0.4) is 0 Å². The van der Waals surface area contributed by atoms with Crippen LogP contribution in [0, 0.1) is 0 Å². The van der Waals surface area contributed by atoms with E-state index in [9.17, 15) is 0 Å². The molecule has 0 aromatic carbocycles. The van der Waals surface area contributed by atoms with Gasteiger partial charge in [-0.2, -0.15) is 0 Å². The molecule has 0 atom stereocenters. The molecule has 0 aliphatic carbocycles. The molecule has 3 heteroatoms. The summed E-state index contributed by atoms with van der Waals surface area (Å²) in [7, 11) is 4.02. The highest BCUT2D eigenvalue weighted by molar-refractivity contribution is 5.43. The summed E-state index contributed by atoms with van der Waals surface area (Å²) in [5.74, 6) is 1.03. The minimum absolute atomic E-state index is 0.846. The highest BCUT2D eigenvalue weighted by atomic mass is 15.2. The van der Waals surface area contributed by atoms with Crippen LogP contribution < -0.4 is 10.2 Å². The first-order valence-electron chi connectivity index (χ1n) is 6.06. The van der Waals surface area contributed by atoms with Crippen LogP contribution in [0.4, 0.5) is 5.82 Å². The van der Waals surface area contributed by atoms with Gasteiger partial charge in [0.1, 0.15) is 5.82 Å². The van der Waals surface area contributed by atoms with Crippen molar-refractivity contribution in [1.29, 1.82) is 0 Å². The molecule has 3 nitrogen and oxygen atoms in total. The van der Waals surface area contributed by atoms with Crippen molar-refractivity contribution in [1.82, 2.24) is 10.3 Å². The standard InChI is InChI=1S/C14H23N3/c1-6-13-7-12(9-15-4)8-14(16-13)17(5)10-11(2)3/h7-8,15H,2,6,9-10H2,1,3-5H3. The number of aromatic nitrogens is 1. The molecule has 1 aromatic rings. The second kappa shape index (κ2) is 6.40. The lowest BCUT2D eigenvalue weighted by Crippen LogP contribution is -2.21. The van der Waals surface area contributed by atoms with Crippen LogP contribution in [0.1, 0.15) is 25.1 Å². The lowest BCUT2D eigenvalue weighted by Gasteiger charge is -2.20. The van der Waals surface area contributed by atoms with Crippen molar-refractivity contribution in [2.24, 2.45) is 0 Å². The lowest BCUT2D eigenvalue weighted by molar-refractivity contribution is 0.808. The molecule has 0 saturated heterocycles. The average molecular weight is 233 g/mol. The predicted molar refractivity (Wildman–Crippen MR) is 74.5 cm³/mol. The second-order valence-corrected chi connectivity index (χ2v) is 4.52. The summed E-state index contributed by atoms with van der Waals surface area (Å²) in [4.78, 5) is 6.78. The first-order chi connectivity index (χ1) is 8.06. The minimum atomic E-state index is 0.846. The number of likely N-dealkylation sites (N-methyl/N-ethyl adjacent to an activating group) is 1. The van der Waals surface area contributed by atoms with Crippen LogP contribution in [0.2, 0.25) is 0 Å². The van der Waals surface area contributed by atoms with Crippen molar-refractivity contribution in [2.45, 2.75) is 26.8 Å². The summed E-state index contributed by atoms with van der Waals surface area (Å²) < 4.78 is 0. The van der Waals surface area contributed by atoms with E-state index < -0.39 is 0 Å². The number of hydrogen-bond donors (Lipinski definition) is 1. The number of nitrogens with one attached hydrogen (secondary N) is 1. The van der Waals surface area contributed by atoms with Gasteiger partial charge in [-0.3, -0.25) is 0 Å². The summed E-state index contributed by atoms with van der Waals surface area (Å²) in [6, 6.07) is 4.30. The minimum Gasteiger partial charge on any atom is -0.356 e. The van der Waals surface area contributed by atoms with Gasteiger partial charge in [-0.15, -0.1) is 0 Å². The van der Waals surface area contributed by atoms with Gasteiger partial charge in [0.15, 0.2) is 0 Å². The van der Waals surface area contributed by atoms with E-state index in [2.05, 4.69) is 47.9 Å². The Kier molecular flexibility index (Phi) is 5.16. The molecule has 1 rings (SSSR count). The highest BCUT2D eigenvalue weighted by Gasteiger charge is 2.06. The number of anilines is 1. The lowest BCUT2D eigenvalue weighted by atomic mass is 10.2. The third kappa shape index (κ3) is 4.19. The van der Waals surface area contributed by atoms with E-state index in [1.807, 2.05) is 14.0 Å². The summed E-state index contributed by atoms with van der Waals surface area (Å²) >= 11 is 0. The maximum absolute atomic E-state index is 4.64. The van der Waals surface area contributed by atoms with Gasteiger partial charge in [-0.25, -0.2) is 4.98 Å². The largest absolute Gasteiger partial charge is 0.356 e. The summed E-state index contributed by atoms with van der Waals surface area (Å²) in [5, 5.41) is 3.18. The van der Waals surface area contributed by atoms with Crippen molar-refractivity contribution < 1.29 is 0 Å². The van der Waals surface area contributed by atoms with Gasteiger partial charge < -0.3 is 10.2 Å². The Hall–Kier alpha value is -1.35. The molecule has 94 valence electrons. The molecule has 0 bridgehead atoms. The molecule has 0 saturated carbocycles. The fourth-order valence-electron chi connectivity index (χ4n) is 1.80. The van der Waals surface area contributed by atoms with E-state index in [0.29, 0.717) is 0 Å². The van der Waals surface area contributed by atoms with Crippen molar-refractivity contribution in [3.05, 3.63) is 35.5 Å². The van der Waals surface area contributed by atoms with Crippen molar-refractivity contribution in [3.8, 4) is 0 Å². The Labute approximate surface area is 105 Å². The van der Waals surface area contributed by atoms with Gasteiger partial charge in [0.2, 0.25) is 0 Å². The molecule has 0 fully saturated rings. The monoisotopic (exact) mass is 233 g/mol. The van der Waals surface area contributed by atoms with E-state index in [4.69, 9.17) is 0 Å². The molecule has 0 amide bonds. The Morgan fingerprint density at radius 2 is 2.18 bits per heavy atom. The molecule has 0 spiro atoms. The first kappa shape index (κ1) is 13.7. The van der Waals surface area contributed by atoms with Crippen LogP contribution in [0.25, 0.3) is 0 Å². The van der Waals surface area contributed by atoms with Crippen LogP contribution in [-0.2, 0) is 13.0 Å². The van der Waals surface area contributed by atoms with Crippen molar-refractivity contribution in [2.75, 3.05) is 25.5 Å². The maximum Gasteiger partial charge on any atom is 0.129 e. The second-order valence-electron chi connectivity index (χ2n) is 4.52. The molecule has 0 radical (unpaired) electrons. The topological polar surface area (TPSA) is 28.2 Å². The van der Waals surface area contributed by atoms with E-state index in [1.54, 1.807) is 0 Å². The van der Waals surface area contributed by atoms with Gasteiger partial charge in [-0.1, -0.05) is 19.1 Å². The van der Waals surface area contributed by atoms with E-state index >= 15 is 0 Å². The summed E-state index contributed by atoms with van der Waals surface area (Å²) in [6.45, 7) is 9.83. The number of hydrogen-bond acceptors (Lipinski definition) is 3. The fourth-order valence-corrected chi connectivity index (χ4v) is 1.80. The number of pyridine rings is 1. The predicted octanol–water partition coefficient (Wildman–Crippen LogP) is 2.38. The zero-order valence-electron chi connectivity index (χ0n) is 11.4. The normalized spacial score (nSPS) is 10.4. The van der Waals surface area contributed by atoms with Crippen LogP contribution >= 0.6 is 0 Å². The Balaban J connectivity index is 2.96. The van der Waals surface area contributed by atoms with Crippen molar-refractivity contribution >= 4 is 5.82 Å². The SMILES string of the molecule is C=C(C)CN(C)c1cc(CNC)cc(CC)n1. The average Bonchev–Trinajstić information content (AvgIpc) is 2.28. The number of nitrogens with zero attached hydrogens (tertiary/aromatic N) is 2. The molecule has 0 aliphatic heterocycles. The van der Waals surface area contributed by atoms with Gasteiger partial charge in [0, 0.05) is 25.8 Å². The first-order valence-corrected chi connectivity index (χ1v) is 6.06. The number of aryl methyl sites for hydroxylation is 1. The third-order valence-corrected chi connectivity index (χ3v) is 2.57. The maximum atomic E-state index is 4.64. The molecular weight excluding hydrogens is 210 g/mol. The van der Waals surface area contributed by atoms with E-state index in [1.165, 1.54) is 5.56 Å². The fraction of sp³-hybridized carbons (Fsp3) is 0.500. The van der Waals surface area contributed by atoms with E-state index in [0.717, 1.165) is 36.6 Å². The Bertz CT molecular complexity index is 385. The van der Waals surface area contributed by atoms with Crippen LogP contribution in [-0.4, -0.2) is 25.6 Å². The van der Waals surface area contributed by atoms with Gasteiger partial charge in [0.25, 0.3) is 0 Å². The van der Waals surface area contributed by atoms with Gasteiger partial charge >= 0.3 is 0 Å². The molecule has 0 aliphatic rings. The third-order valence-electron chi connectivity index (χ3n) is 2.57. The van der Waals surface area contributed by atoms with Gasteiger partial charge in [0.05, 0.1) is 0 Å². The van der Waals surface area contributed by atoms with Gasteiger partial charge in [-0.05, 0) is 38.1 Å². The molecule has 1 N–H and O–H groups in total. The molecule has 0 unspecified atom stereocenters. The van der Waals surface area contributed by atoms with E-state index in [-0.39, 0.29) is 0 Å². The summed E-state index contributed by atoms with van der Waals surface area (Å²) in [6.07, 6.45) is 0.964. The zero-order chi connectivity index (χ0) is 12.8. The molecule has 1 heterocycles.